The van der Waals surface area contributed by atoms with Gasteiger partial charge in [0.1, 0.15) is 0 Å². The van der Waals surface area contributed by atoms with Crippen molar-refractivity contribution in [2.75, 3.05) is 13.1 Å². The first kappa shape index (κ1) is 12.5. The van der Waals surface area contributed by atoms with E-state index in [1.807, 2.05) is 0 Å². The van der Waals surface area contributed by atoms with E-state index in [4.69, 9.17) is 5.73 Å². The summed E-state index contributed by atoms with van der Waals surface area (Å²) in [5.41, 5.74) is 5.50. The molecule has 0 spiro atoms. The molecule has 1 aliphatic rings. The van der Waals surface area contributed by atoms with Gasteiger partial charge in [0, 0.05) is 19.0 Å². The van der Waals surface area contributed by atoms with Crippen molar-refractivity contribution < 1.29 is 4.79 Å². The molecular weight excluding hydrogens is 188 g/mol. The lowest BCUT2D eigenvalue weighted by atomic mass is 9.90. The maximum absolute atomic E-state index is 12.0. The van der Waals surface area contributed by atoms with Crippen molar-refractivity contribution in [3.63, 3.8) is 0 Å². The molecule has 0 aromatic rings. The van der Waals surface area contributed by atoms with Gasteiger partial charge >= 0.3 is 0 Å². The van der Waals surface area contributed by atoms with E-state index in [1.165, 1.54) is 19.3 Å². The molecule has 1 fully saturated rings. The molecule has 1 amide bonds. The molecule has 0 heterocycles. The Morgan fingerprint density at radius 2 is 2.13 bits per heavy atom. The first-order valence-corrected chi connectivity index (χ1v) is 6.14. The van der Waals surface area contributed by atoms with Crippen LogP contribution in [0.2, 0.25) is 0 Å². The van der Waals surface area contributed by atoms with E-state index in [2.05, 4.69) is 18.7 Å². The minimum absolute atomic E-state index is 0.322. The minimum atomic E-state index is 0.322. The summed E-state index contributed by atoms with van der Waals surface area (Å²) in [6.07, 6.45) is 5.27. The van der Waals surface area contributed by atoms with Crippen molar-refractivity contribution >= 4 is 5.91 Å². The summed E-state index contributed by atoms with van der Waals surface area (Å²) in [4.78, 5) is 14.0. The molecule has 1 rings (SSSR count). The molecule has 1 saturated carbocycles. The third-order valence-electron chi connectivity index (χ3n) is 3.02. The van der Waals surface area contributed by atoms with Gasteiger partial charge in [0.05, 0.1) is 0 Å². The Bertz CT molecular complexity index is 200. The molecule has 0 atom stereocenters. The fourth-order valence-corrected chi connectivity index (χ4v) is 1.94. The molecule has 15 heavy (non-hydrogen) atoms. The van der Waals surface area contributed by atoms with Crippen LogP contribution in [0.4, 0.5) is 0 Å². The van der Waals surface area contributed by atoms with E-state index in [0.29, 0.717) is 30.8 Å². The average Bonchev–Trinajstić information content (AvgIpc) is 2.07. The number of nitrogens with zero attached hydrogens (tertiary/aromatic N) is 1. The second kappa shape index (κ2) is 6.11. The van der Waals surface area contributed by atoms with Crippen LogP contribution < -0.4 is 5.73 Å². The van der Waals surface area contributed by atoms with Gasteiger partial charge in [-0.3, -0.25) is 4.79 Å². The Balaban J connectivity index is 2.42. The van der Waals surface area contributed by atoms with Gasteiger partial charge < -0.3 is 10.6 Å². The van der Waals surface area contributed by atoms with Crippen LogP contribution in [-0.4, -0.2) is 29.9 Å². The molecule has 2 N–H and O–H groups in total. The summed E-state index contributed by atoms with van der Waals surface area (Å²) >= 11 is 0. The van der Waals surface area contributed by atoms with Gasteiger partial charge in [0.15, 0.2) is 0 Å². The first-order valence-electron chi connectivity index (χ1n) is 6.14. The lowest BCUT2D eigenvalue weighted by molar-refractivity contribution is -0.136. The Labute approximate surface area is 93.0 Å². The van der Waals surface area contributed by atoms with Crippen molar-refractivity contribution in [2.45, 2.75) is 52.0 Å². The van der Waals surface area contributed by atoms with Gasteiger partial charge in [0.25, 0.3) is 0 Å². The van der Waals surface area contributed by atoms with E-state index < -0.39 is 0 Å². The predicted molar refractivity (Wildman–Crippen MR) is 62.5 cm³/mol. The zero-order chi connectivity index (χ0) is 11.3. The van der Waals surface area contributed by atoms with Gasteiger partial charge in [-0.1, -0.05) is 13.8 Å². The molecular formula is C12H24N2O. The third kappa shape index (κ3) is 3.82. The van der Waals surface area contributed by atoms with Crippen LogP contribution in [0.15, 0.2) is 0 Å². The van der Waals surface area contributed by atoms with Crippen LogP contribution in [0, 0.1) is 5.92 Å². The normalized spacial score (nSPS) is 16.5. The molecule has 0 saturated heterocycles. The van der Waals surface area contributed by atoms with Gasteiger partial charge in [-0.2, -0.15) is 0 Å². The molecule has 0 radical (unpaired) electrons. The highest BCUT2D eigenvalue weighted by molar-refractivity contribution is 5.76. The van der Waals surface area contributed by atoms with Crippen molar-refractivity contribution in [1.82, 2.24) is 4.90 Å². The van der Waals surface area contributed by atoms with Gasteiger partial charge in [-0.05, 0) is 38.1 Å². The maximum Gasteiger partial charge on any atom is 0.223 e. The fraction of sp³-hybridized carbons (Fsp3) is 0.917. The van der Waals surface area contributed by atoms with Crippen LogP contribution in [0.1, 0.15) is 46.0 Å². The smallest absolute Gasteiger partial charge is 0.223 e. The van der Waals surface area contributed by atoms with E-state index in [1.54, 1.807) is 0 Å². The number of carbonyl (C=O) groups is 1. The zero-order valence-electron chi connectivity index (χ0n) is 10.0. The number of amides is 1. The third-order valence-corrected chi connectivity index (χ3v) is 3.02. The van der Waals surface area contributed by atoms with Crippen LogP contribution in [0.5, 0.6) is 0 Å². The molecule has 1 aliphatic carbocycles. The lowest BCUT2D eigenvalue weighted by Crippen LogP contribution is -2.45. The van der Waals surface area contributed by atoms with E-state index >= 15 is 0 Å². The quantitative estimate of drug-likeness (QED) is 0.729. The van der Waals surface area contributed by atoms with Crippen LogP contribution >= 0.6 is 0 Å². The summed E-state index contributed by atoms with van der Waals surface area (Å²) in [5, 5.41) is 0. The van der Waals surface area contributed by atoms with Crippen molar-refractivity contribution in [3.8, 4) is 0 Å². The molecule has 88 valence electrons. The second-order valence-electron chi connectivity index (χ2n) is 4.91. The SMILES string of the molecule is CC(C)CC(=O)N(CCCN)C1CCC1. The van der Waals surface area contributed by atoms with Crippen molar-refractivity contribution in [2.24, 2.45) is 11.7 Å². The van der Waals surface area contributed by atoms with Gasteiger partial charge in [0.2, 0.25) is 5.91 Å². The van der Waals surface area contributed by atoms with E-state index in [9.17, 15) is 4.79 Å². The monoisotopic (exact) mass is 212 g/mol. The Kier molecular flexibility index (Phi) is 5.09. The Hall–Kier alpha value is -0.570. The number of rotatable bonds is 6. The van der Waals surface area contributed by atoms with Crippen molar-refractivity contribution in [3.05, 3.63) is 0 Å². The predicted octanol–water partition coefficient (Wildman–Crippen LogP) is 1.76. The lowest BCUT2D eigenvalue weighted by Gasteiger charge is -2.38. The highest BCUT2D eigenvalue weighted by atomic mass is 16.2. The zero-order valence-corrected chi connectivity index (χ0v) is 10.0. The molecule has 3 nitrogen and oxygen atoms in total. The summed E-state index contributed by atoms with van der Waals surface area (Å²) in [7, 11) is 0. The van der Waals surface area contributed by atoms with Gasteiger partial charge in [-0.25, -0.2) is 0 Å². The highest BCUT2D eigenvalue weighted by Crippen LogP contribution is 2.26. The molecule has 0 bridgehead atoms. The topological polar surface area (TPSA) is 46.3 Å². The average molecular weight is 212 g/mol. The molecule has 0 aromatic carbocycles. The minimum Gasteiger partial charge on any atom is -0.340 e. The number of hydrogen-bond acceptors (Lipinski definition) is 2. The van der Waals surface area contributed by atoms with Crippen molar-refractivity contribution in [1.29, 1.82) is 0 Å². The number of nitrogens with two attached hydrogens (primary N) is 1. The summed E-state index contributed by atoms with van der Waals surface area (Å²) < 4.78 is 0. The molecule has 0 aromatic heterocycles. The fourth-order valence-electron chi connectivity index (χ4n) is 1.94. The Morgan fingerprint density at radius 1 is 1.47 bits per heavy atom. The van der Waals surface area contributed by atoms with Gasteiger partial charge in [-0.15, -0.1) is 0 Å². The summed E-state index contributed by atoms with van der Waals surface area (Å²) in [5.74, 6) is 0.779. The number of carbonyl (C=O) groups excluding carboxylic acids is 1. The summed E-state index contributed by atoms with van der Waals surface area (Å²) in [6.45, 7) is 5.73. The van der Waals surface area contributed by atoms with Crippen LogP contribution in [0.25, 0.3) is 0 Å². The molecule has 3 heteroatoms. The summed E-state index contributed by atoms with van der Waals surface area (Å²) in [6, 6.07) is 0.516. The van der Waals surface area contributed by atoms with E-state index in [0.717, 1.165) is 13.0 Å². The standard InChI is InChI=1S/C12H24N2O/c1-10(2)9-12(15)14(8-4-7-13)11-5-3-6-11/h10-11H,3-9,13H2,1-2H3. The largest absolute Gasteiger partial charge is 0.340 e. The maximum atomic E-state index is 12.0. The molecule has 0 aliphatic heterocycles. The second-order valence-corrected chi connectivity index (χ2v) is 4.91. The number of hydrogen-bond donors (Lipinski definition) is 1. The van der Waals surface area contributed by atoms with E-state index in [-0.39, 0.29) is 0 Å². The van der Waals surface area contributed by atoms with Crippen LogP contribution in [0.3, 0.4) is 0 Å². The first-order chi connectivity index (χ1) is 7.15. The van der Waals surface area contributed by atoms with Crippen LogP contribution in [-0.2, 0) is 4.79 Å². The Morgan fingerprint density at radius 3 is 2.53 bits per heavy atom. The molecule has 0 unspecified atom stereocenters. The highest BCUT2D eigenvalue weighted by Gasteiger charge is 2.28.